The summed E-state index contributed by atoms with van der Waals surface area (Å²) < 4.78 is 0. The van der Waals surface area contributed by atoms with Gasteiger partial charge < -0.3 is 27.0 Å². The number of amidine groups is 1. The van der Waals surface area contributed by atoms with Crippen LogP contribution in [0.25, 0.3) is 0 Å². The zero-order valence-corrected chi connectivity index (χ0v) is 21.6. The molecule has 1 fully saturated rings. The van der Waals surface area contributed by atoms with E-state index in [-0.39, 0.29) is 30.0 Å². The van der Waals surface area contributed by atoms with Crippen molar-refractivity contribution in [1.29, 1.82) is 5.41 Å². The number of nitrogens with one attached hydrogen (secondary N) is 3. The van der Waals surface area contributed by atoms with Gasteiger partial charge in [0.2, 0.25) is 17.7 Å². The number of nitrogens with zero attached hydrogens (tertiary/aromatic N) is 1. The Hall–Kier alpha value is -3.88. The fourth-order valence-electron chi connectivity index (χ4n) is 4.71. The van der Waals surface area contributed by atoms with E-state index < -0.39 is 17.9 Å². The number of rotatable bonds is 10. The number of anilines is 1. The standard InChI is InChI=1S/C28H38N6O3/c1-34(2)28(37)23(16-18-8-12-21(13-9-18)25(30)31)26(35)33-24(20-6-4-3-5-7-20)27(36)32-17-19-10-14-22(29)15-11-19/h8-15,20,23-24H,3-7,16-17,29H2,1-2H3,(H3,30,31)(H,32,36)(H,33,35)/t23?,24-/m0/s1. The molecular weight excluding hydrogens is 468 g/mol. The Kier molecular flexibility index (Phi) is 9.65. The van der Waals surface area contributed by atoms with Crippen LogP contribution in [0.4, 0.5) is 5.69 Å². The molecule has 0 bridgehead atoms. The van der Waals surface area contributed by atoms with Crippen molar-refractivity contribution in [2.24, 2.45) is 17.6 Å². The summed E-state index contributed by atoms with van der Waals surface area (Å²) in [4.78, 5) is 41.3. The van der Waals surface area contributed by atoms with Crippen LogP contribution < -0.4 is 22.1 Å². The highest BCUT2D eigenvalue weighted by atomic mass is 16.2. The molecule has 0 heterocycles. The van der Waals surface area contributed by atoms with E-state index >= 15 is 0 Å². The van der Waals surface area contributed by atoms with E-state index in [0.29, 0.717) is 17.8 Å². The lowest BCUT2D eigenvalue weighted by molar-refractivity contribution is -0.142. The van der Waals surface area contributed by atoms with Crippen molar-refractivity contribution >= 4 is 29.2 Å². The Morgan fingerprint density at radius 2 is 1.54 bits per heavy atom. The average molecular weight is 507 g/mol. The summed E-state index contributed by atoms with van der Waals surface area (Å²) in [6.07, 6.45) is 4.99. The number of nitrogen functional groups attached to an aromatic ring is 2. The van der Waals surface area contributed by atoms with Crippen LogP contribution in [0.5, 0.6) is 0 Å². The van der Waals surface area contributed by atoms with Gasteiger partial charge in [-0.2, -0.15) is 0 Å². The first-order valence-electron chi connectivity index (χ1n) is 12.7. The Labute approximate surface area is 218 Å². The van der Waals surface area contributed by atoms with E-state index in [1.807, 2.05) is 12.1 Å². The van der Waals surface area contributed by atoms with Gasteiger partial charge in [0.25, 0.3) is 0 Å². The molecule has 198 valence electrons. The molecule has 3 amide bonds. The number of amides is 3. The van der Waals surface area contributed by atoms with Gasteiger partial charge in [0.1, 0.15) is 17.8 Å². The number of carbonyl (C=O) groups is 3. The first-order valence-corrected chi connectivity index (χ1v) is 12.7. The lowest BCUT2D eigenvalue weighted by atomic mass is 9.83. The fourth-order valence-corrected chi connectivity index (χ4v) is 4.71. The lowest BCUT2D eigenvalue weighted by Gasteiger charge is -2.31. The van der Waals surface area contributed by atoms with Gasteiger partial charge in [-0.3, -0.25) is 19.8 Å². The fraction of sp³-hybridized carbons (Fsp3) is 0.429. The van der Waals surface area contributed by atoms with Crippen LogP contribution in [0.3, 0.4) is 0 Å². The van der Waals surface area contributed by atoms with E-state index in [4.69, 9.17) is 16.9 Å². The predicted octanol–water partition coefficient (Wildman–Crippen LogP) is 2.18. The highest BCUT2D eigenvalue weighted by Crippen LogP contribution is 2.27. The third-order valence-electron chi connectivity index (χ3n) is 6.91. The number of benzene rings is 2. The second-order valence-corrected chi connectivity index (χ2v) is 9.94. The van der Waals surface area contributed by atoms with E-state index in [9.17, 15) is 14.4 Å². The molecule has 0 aliphatic heterocycles. The minimum atomic E-state index is -0.992. The molecule has 1 aliphatic carbocycles. The lowest BCUT2D eigenvalue weighted by Crippen LogP contribution is -2.54. The largest absolute Gasteiger partial charge is 0.399 e. The van der Waals surface area contributed by atoms with Crippen molar-refractivity contribution in [3.63, 3.8) is 0 Å². The van der Waals surface area contributed by atoms with Gasteiger partial charge in [0.05, 0.1) is 0 Å². The van der Waals surface area contributed by atoms with E-state index in [1.54, 1.807) is 50.5 Å². The highest BCUT2D eigenvalue weighted by Gasteiger charge is 2.35. The maximum Gasteiger partial charge on any atom is 0.243 e. The van der Waals surface area contributed by atoms with Crippen LogP contribution in [0.1, 0.15) is 48.8 Å². The highest BCUT2D eigenvalue weighted by molar-refractivity contribution is 6.02. The van der Waals surface area contributed by atoms with Gasteiger partial charge in [0, 0.05) is 31.9 Å². The van der Waals surface area contributed by atoms with Crippen LogP contribution in [-0.4, -0.2) is 48.6 Å². The first-order chi connectivity index (χ1) is 17.7. The summed E-state index contributed by atoms with van der Waals surface area (Å²) in [5, 5.41) is 13.5. The van der Waals surface area contributed by atoms with Crippen molar-refractivity contribution in [1.82, 2.24) is 15.5 Å². The Morgan fingerprint density at radius 1 is 0.946 bits per heavy atom. The van der Waals surface area contributed by atoms with Crippen LogP contribution in [0.2, 0.25) is 0 Å². The molecule has 9 nitrogen and oxygen atoms in total. The predicted molar refractivity (Wildman–Crippen MR) is 145 cm³/mol. The molecule has 37 heavy (non-hydrogen) atoms. The summed E-state index contributed by atoms with van der Waals surface area (Å²) in [6, 6.07) is 13.5. The van der Waals surface area contributed by atoms with Crippen molar-refractivity contribution in [2.75, 3.05) is 19.8 Å². The minimum absolute atomic E-state index is 0.00840. The SMILES string of the molecule is CN(C)C(=O)C(Cc1ccc(C(=N)N)cc1)C(=O)N[C@H](C(=O)NCc1ccc(N)cc1)C1CCCCC1. The molecule has 1 aliphatic rings. The van der Waals surface area contributed by atoms with Gasteiger partial charge in [-0.25, -0.2) is 0 Å². The van der Waals surface area contributed by atoms with Crippen molar-refractivity contribution in [3.8, 4) is 0 Å². The zero-order valence-electron chi connectivity index (χ0n) is 21.6. The normalized spacial score (nSPS) is 15.3. The van der Waals surface area contributed by atoms with Crippen molar-refractivity contribution in [2.45, 2.75) is 51.1 Å². The molecule has 0 saturated heterocycles. The van der Waals surface area contributed by atoms with E-state index in [0.717, 1.165) is 43.2 Å². The Balaban J connectivity index is 1.77. The minimum Gasteiger partial charge on any atom is -0.399 e. The van der Waals surface area contributed by atoms with Gasteiger partial charge >= 0.3 is 0 Å². The molecule has 0 aromatic heterocycles. The van der Waals surface area contributed by atoms with E-state index in [1.165, 1.54) is 4.90 Å². The number of nitrogens with two attached hydrogens (primary N) is 2. The monoisotopic (exact) mass is 506 g/mol. The zero-order chi connectivity index (χ0) is 26.9. The van der Waals surface area contributed by atoms with Gasteiger partial charge in [-0.1, -0.05) is 55.7 Å². The molecule has 9 heteroatoms. The number of hydrogen-bond donors (Lipinski definition) is 5. The van der Waals surface area contributed by atoms with Crippen LogP contribution in [-0.2, 0) is 27.3 Å². The molecule has 0 radical (unpaired) electrons. The van der Waals surface area contributed by atoms with Gasteiger partial charge in [-0.05, 0) is 48.4 Å². The summed E-state index contributed by atoms with van der Waals surface area (Å²) in [5.41, 5.74) is 14.2. The quantitative estimate of drug-likeness (QED) is 0.145. The molecule has 2 aromatic rings. The molecule has 0 spiro atoms. The average Bonchev–Trinajstić information content (AvgIpc) is 2.90. The Morgan fingerprint density at radius 3 is 2.11 bits per heavy atom. The number of carbonyl (C=O) groups excluding carboxylic acids is 3. The first kappa shape index (κ1) is 27.7. The second kappa shape index (κ2) is 12.9. The van der Waals surface area contributed by atoms with E-state index in [2.05, 4.69) is 10.6 Å². The summed E-state index contributed by atoms with van der Waals surface area (Å²) >= 11 is 0. The van der Waals surface area contributed by atoms with Gasteiger partial charge in [0.15, 0.2) is 0 Å². The second-order valence-electron chi connectivity index (χ2n) is 9.94. The Bertz CT molecular complexity index is 1090. The maximum absolute atomic E-state index is 13.5. The summed E-state index contributed by atoms with van der Waals surface area (Å²) in [6.45, 7) is 0.320. The molecule has 2 aromatic carbocycles. The topological polar surface area (TPSA) is 154 Å². The summed E-state index contributed by atoms with van der Waals surface area (Å²) in [7, 11) is 3.22. The third-order valence-corrected chi connectivity index (χ3v) is 6.91. The molecule has 3 rings (SSSR count). The van der Waals surface area contributed by atoms with Crippen LogP contribution >= 0.6 is 0 Å². The smallest absolute Gasteiger partial charge is 0.243 e. The molecule has 1 saturated carbocycles. The van der Waals surface area contributed by atoms with Gasteiger partial charge in [-0.15, -0.1) is 0 Å². The molecule has 2 atom stereocenters. The molecular formula is C28H38N6O3. The summed E-state index contributed by atoms with van der Waals surface area (Å²) in [5.74, 6) is -2.09. The molecule has 1 unspecified atom stereocenters. The third kappa shape index (κ3) is 7.80. The van der Waals surface area contributed by atoms with Crippen molar-refractivity contribution < 1.29 is 14.4 Å². The van der Waals surface area contributed by atoms with Crippen molar-refractivity contribution in [3.05, 3.63) is 65.2 Å². The molecule has 7 N–H and O–H groups in total. The van der Waals surface area contributed by atoms with Crippen LogP contribution in [0, 0.1) is 17.2 Å². The van der Waals surface area contributed by atoms with Crippen LogP contribution in [0.15, 0.2) is 48.5 Å². The maximum atomic E-state index is 13.5. The number of hydrogen-bond acceptors (Lipinski definition) is 5.